The average molecular weight is 272 g/mol. The van der Waals surface area contributed by atoms with Crippen LogP contribution in [0.2, 0.25) is 0 Å². The van der Waals surface area contributed by atoms with Gasteiger partial charge in [0, 0.05) is 0 Å². The Balaban J connectivity index is 3.10. The highest BCUT2D eigenvalue weighted by Crippen LogP contribution is 2.37. The molecule has 0 amide bonds. The summed E-state index contributed by atoms with van der Waals surface area (Å²) in [6.07, 6.45) is -10.9. The SMILES string of the molecule is CC(O)(CC(F)(F)F)c1cccc(C(F)(F)F)c1. The van der Waals surface area contributed by atoms with Gasteiger partial charge in [-0.1, -0.05) is 12.1 Å². The largest absolute Gasteiger partial charge is 0.416 e. The zero-order chi connectivity index (χ0) is 14.2. The summed E-state index contributed by atoms with van der Waals surface area (Å²) in [5.74, 6) is 0. The first-order chi connectivity index (χ1) is 7.92. The maximum absolute atomic E-state index is 12.4. The van der Waals surface area contributed by atoms with E-state index in [2.05, 4.69) is 0 Å². The third-order valence-electron chi connectivity index (χ3n) is 2.36. The Labute approximate surface area is 99.0 Å². The molecule has 1 nitrogen and oxygen atoms in total. The van der Waals surface area contributed by atoms with Gasteiger partial charge in [0.15, 0.2) is 0 Å². The number of alkyl halides is 6. The van der Waals surface area contributed by atoms with E-state index in [9.17, 15) is 31.4 Å². The van der Waals surface area contributed by atoms with Crippen LogP contribution in [0.15, 0.2) is 24.3 Å². The molecule has 0 aliphatic heterocycles. The van der Waals surface area contributed by atoms with Gasteiger partial charge in [0.05, 0.1) is 17.6 Å². The molecule has 0 saturated heterocycles. The first-order valence-corrected chi connectivity index (χ1v) is 4.89. The Morgan fingerprint density at radius 2 is 1.50 bits per heavy atom. The molecule has 1 atom stereocenters. The fourth-order valence-electron chi connectivity index (χ4n) is 1.52. The average Bonchev–Trinajstić information content (AvgIpc) is 2.13. The van der Waals surface area contributed by atoms with Gasteiger partial charge >= 0.3 is 12.4 Å². The van der Waals surface area contributed by atoms with Gasteiger partial charge in [-0.2, -0.15) is 26.3 Å². The minimum absolute atomic E-state index is 0.422. The zero-order valence-corrected chi connectivity index (χ0v) is 9.23. The molecule has 1 aromatic rings. The highest BCUT2D eigenvalue weighted by atomic mass is 19.4. The predicted octanol–water partition coefficient (Wildman–Crippen LogP) is 3.87. The van der Waals surface area contributed by atoms with Gasteiger partial charge in [0.2, 0.25) is 0 Å². The first-order valence-electron chi connectivity index (χ1n) is 4.89. The Hall–Kier alpha value is -1.24. The van der Waals surface area contributed by atoms with Crippen molar-refractivity contribution in [1.29, 1.82) is 0 Å². The quantitative estimate of drug-likeness (QED) is 0.810. The number of benzene rings is 1. The summed E-state index contributed by atoms with van der Waals surface area (Å²) in [5, 5.41) is 9.62. The van der Waals surface area contributed by atoms with E-state index in [0.717, 1.165) is 25.1 Å². The van der Waals surface area contributed by atoms with Crippen LogP contribution in [0.3, 0.4) is 0 Å². The molecular weight excluding hydrogens is 262 g/mol. The van der Waals surface area contributed by atoms with E-state index in [-0.39, 0.29) is 0 Å². The van der Waals surface area contributed by atoms with Crippen LogP contribution in [0.25, 0.3) is 0 Å². The van der Waals surface area contributed by atoms with Gasteiger partial charge in [-0.25, -0.2) is 0 Å². The fraction of sp³-hybridized carbons (Fsp3) is 0.455. The molecule has 102 valence electrons. The van der Waals surface area contributed by atoms with Crippen LogP contribution in [-0.4, -0.2) is 11.3 Å². The maximum atomic E-state index is 12.4. The summed E-state index contributed by atoms with van der Waals surface area (Å²) in [6.45, 7) is 0.829. The van der Waals surface area contributed by atoms with Crippen molar-refractivity contribution in [1.82, 2.24) is 0 Å². The summed E-state index contributed by atoms with van der Waals surface area (Å²) in [6, 6.07) is 3.24. The van der Waals surface area contributed by atoms with Crippen LogP contribution in [0, 0.1) is 0 Å². The topological polar surface area (TPSA) is 20.2 Å². The van der Waals surface area contributed by atoms with E-state index < -0.39 is 35.5 Å². The normalized spacial score (nSPS) is 16.4. The Morgan fingerprint density at radius 3 is 1.94 bits per heavy atom. The van der Waals surface area contributed by atoms with Crippen LogP contribution in [-0.2, 0) is 11.8 Å². The van der Waals surface area contributed by atoms with Crippen molar-refractivity contribution in [2.24, 2.45) is 0 Å². The predicted molar refractivity (Wildman–Crippen MR) is 51.7 cm³/mol. The van der Waals surface area contributed by atoms with Crippen molar-refractivity contribution >= 4 is 0 Å². The molecule has 0 radical (unpaired) electrons. The lowest BCUT2D eigenvalue weighted by atomic mass is 9.91. The minimum Gasteiger partial charge on any atom is -0.385 e. The van der Waals surface area contributed by atoms with Crippen molar-refractivity contribution in [3.63, 3.8) is 0 Å². The number of aliphatic hydroxyl groups is 1. The molecule has 7 heteroatoms. The smallest absolute Gasteiger partial charge is 0.385 e. The molecule has 0 aromatic heterocycles. The summed E-state index contributed by atoms with van der Waals surface area (Å²) in [4.78, 5) is 0. The standard InChI is InChI=1S/C11H10F6O/c1-9(18,6-10(12,13)14)7-3-2-4-8(5-7)11(15,16)17/h2-5,18H,6H2,1H3. The molecule has 1 rings (SSSR count). The van der Waals surface area contributed by atoms with Crippen LogP contribution in [0.4, 0.5) is 26.3 Å². The van der Waals surface area contributed by atoms with Gasteiger partial charge < -0.3 is 5.11 Å². The number of rotatable bonds is 2. The van der Waals surface area contributed by atoms with Crippen LogP contribution in [0.1, 0.15) is 24.5 Å². The Bertz CT molecular complexity index is 418. The highest BCUT2D eigenvalue weighted by molar-refractivity contribution is 5.29. The second-order valence-corrected chi connectivity index (χ2v) is 4.14. The van der Waals surface area contributed by atoms with E-state index >= 15 is 0 Å². The van der Waals surface area contributed by atoms with Gasteiger partial charge in [-0.05, 0) is 24.6 Å². The lowest BCUT2D eigenvalue weighted by Crippen LogP contribution is -2.29. The van der Waals surface area contributed by atoms with E-state index in [1.165, 1.54) is 0 Å². The Morgan fingerprint density at radius 1 is 1.00 bits per heavy atom. The number of halogens is 6. The van der Waals surface area contributed by atoms with E-state index in [0.29, 0.717) is 6.07 Å². The molecule has 0 bridgehead atoms. The summed E-state index contributed by atoms with van der Waals surface area (Å²) >= 11 is 0. The third kappa shape index (κ3) is 3.90. The van der Waals surface area contributed by atoms with Crippen molar-refractivity contribution in [3.8, 4) is 0 Å². The summed E-state index contributed by atoms with van der Waals surface area (Å²) in [5.41, 5.74) is -3.91. The lowest BCUT2D eigenvalue weighted by Gasteiger charge is -2.25. The van der Waals surface area contributed by atoms with E-state index in [1.807, 2.05) is 0 Å². The van der Waals surface area contributed by atoms with Crippen molar-refractivity contribution in [3.05, 3.63) is 35.4 Å². The first kappa shape index (κ1) is 14.8. The molecule has 1 unspecified atom stereocenters. The molecule has 0 spiro atoms. The molecule has 0 heterocycles. The molecule has 0 fully saturated rings. The summed E-state index contributed by atoms with van der Waals surface area (Å²) < 4.78 is 73.7. The lowest BCUT2D eigenvalue weighted by molar-refractivity contribution is -0.174. The zero-order valence-electron chi connectivity index (χ0n) is 9.23. The van der Waals surface area contributed by atoms with Crippen LogP contribution >= 0.6 is 0 Å². The van der Waals surface area contributed by atoms with Gasteiger partial charge in [0.25, 0.3) is 0 Å². The number of hydrogen-bond donors (Lipinski definition) is 1. The van der Waals surface area contributed by atoms with Crippen molar-refractivity contribution in [2.45, 2.75) is 31.3 Å². The molecule has 0 saturated carbocycles. The second-order valence-electron chi connectivity index (χ2n) is 4.14. The van der Waals surface area contributed by atoms with Crippen LogP contribution < -0.4 is 0 Å². The van der Waals surface area contributed by atoms with E-state index in [4.69, 9.17) is 0 Å². The Kier molecular flexibility index (Phi) is 3.67. The highest BCUT2D eigenvalue weighted by Gasteiger charge is 2.40. The third-order valence-corrected chi connectivity index (χ3v) is 2.36. The van der Waals surface area contributed by atoms with Gasteiger partial charge in [-0.3, -0.25) is 0 Å². The second kappa shape index (κ2) is 4.46. The maximum Gasteiger partial charge on any atom is 0.416 e. The monoisotopic (exact) mass is 272 g/mol. The molecule has 1 N–H and O–H groups in total. The van der Waals surface area contributed by atoms with Crippen molar-refractivity contribution in [2.75, 3.05) is 0 Å². The minimum atomic E-state index is -4.67. The van der Waals surface area contributed by atoms with Gasteiger partial charge in [0.1, 0.15) is 0 Å². The summed E-state index contributed by atoms with van der Waals surface area (Å²) in [7, 11) is 0. The van der Waals surface area contributed by atoms with E-state index in [1.54, 1.807) is 0 Å². The van der Waals surface area contributed by atoms with Gasteiger partial charge in [-0.15, -0.1) is 0 Å². The molecular formula is C11H10F6O. The van der Waals surface area contributed by atoms with Crippen LogP contribution in [0.5, 0.6) is 0 Å². The molecule has 1 aromatic carbocycles. The number of hydrogen-bond acceptors (Lipinski definition) is 1. The molecule has 0 aliphatic rings. The fourth-order valence-corrected chi connectivity index (χ4v) is 1.52. The van der Waals surface area contributed by atoms with Crippen molar-refractivity contribution < 1.29 is 31.4 Å². The molecule has 0 aliphatic carbocycles. The molecule has 18 heavy (non-hydrogen) atoms.